The third-order valence-electron chi connectivity index (χ3n) is 6.70. The zero-order chi connectivity index (χ0) is 23.7. The summed E-state index contributed by atoms with van der Waals surface area (Å²) in [5.74, 6) is 2.84. The van der Waals surface area contributed by atoms with Crippen LogP contribution in [0.4, 0.5) is 0 Å². The smallest absolute Gasteiger partial charge is 0.140 e. The van der Waals surface area contributed by atoms with E-state index in [1.807, 2.05) is 30.3 Å². The van der Waals surface area contributed by atoms with E-state index in [-0.39, 0.29) is 22.9 Å². The molecule has 0 spiro atoms. The first-order valence-electron chi connectivity index (χ1n) is 11.9. The van der Waals surface area contributed by atoms with Crippen molar-refractivity contribution in [3.05, 3.63) is 77.9 Å². The lowest BCUT2D eigenvalue weighted by molar-refractivity contribution is 0.190. The number of phenolic OH excluding ortho intramolecular Hbond substituents is 2. The number of thioether (sulfide) groups is 1. The van der Waals surface area contributed by atoms with E-state index in [0.29, 0.717) is 12.6 Å². The summed E-state index contributed by atoms with van der Waals surface area (Å²) in [6, 6.07) is 21.2. The Hall–Kier alpha value is -2.83. The molecule has 4 atom stereocenters. The van der Waals surface area contributed by atoms with Gasteiger partial charge in [-0.25, -0.2) is 0 Å². The number of hydrogen-bond acceptors (Lipinski definition) is 6. The molecule has 3 aromatic rings. The molecular formula is C28H31NO4S. The van der Waals surface area contributed by atoms with Crippen molar-refractivity contribution in [1.29, 1.82) is 0 Å². The summed E-state index contributed by atoms with van der Waals surface area (Å²) in [7, 11) is 0. The van der Waals surface area contributed by atoms with Crippen LogP contribution in [0.2, 0.25) is 0 Å². The topological polar surface area (TPSA) is 62.2 Å². The van der Waals surface area contributed by atoms with E-state index >= 15 is 0 Å². The van der Waals surface area contributed by atoms with Gasteiger partial charge in [0.15, 0.2) is 0 Å². The summed E-state index contributed by atoms with van der Waals surface area (Å²) in [4.78, 5) is 3.41. The first kappa shape index (κ1) is 22.9. The zero-order valence-corrected chi connectivity index (χ0v) is 20.4. The quantitative estimate of drug-likeness (QED) is 0.442. The van der Waals surface area contributed by atoms with Crippen molar-refractivity contribution in [3.8, 4) is 23.0 Å². The molecule has 178 valence electrons. The van der Waals surface area contributed by atoms with Gasteiger partial charge in [0.2, 0.25) is 0 Å². The molecule has 1 saturated heterocycles. The fourth-order valence-electron chi connectivity index (χ4n) is 4.97. The lowest BCUT2D eigenvalue weighted by Gasteiger charge is -2.34. The van der Waals surface area contributed by atoms with Crippen molar-refractivity contribution >= 4 is 11.8 Å². The number of rotatable bonds is 6. The van der Waals surface area contributed by atoms with Crippen molar-refractivity contribution in [3.63, 3.8) is 0 Å². The van der Waals surface area contributed by atoms with Gasteiger partial charge < -0.3 is 19.7 Å². The van der Waals surface area contributed by atoms with Crippen molar-refractivity contribution in [1.82, 2.24) is 4.90 Å². The van der Waals surface area contributed by atoms with Gasteiger partial charge in [0.25, 0.3) is 0 Å². The molecule has 0 bridgehead atoms. The Labute approximate surface area is 205 Å². The standard InChI is InChI=1S/C28H31NO4S/c1-18-15-19(2)29(17-18)13-14-32-24-10-5-20(6-11-24)27-28(21-3-7-22(30)8-4-21)34-26-16-23(31)9-12-25(26)33-27/h3-12,16,18-19,27-28,30-31H,13-15,17H2,1-2H3/t18-,19-,27+,28-/m1/s1. The molecule has 2 aliphatic heterocycles. The van der Waals surface area contributed by atoms with Gasteiger partial charge in [-0.3, -0.25) is 4.90 Å². The van der Waals surface area contributed by atoms with Crippen LogP contribution in [0.5, 0.6) is 23.0 Å². The van der Waals surface area contributed by atoms with E-state index in [4.69, 9.17) is 9.47 Å². The van der Waals surface area contributed by atoms with Crippen LogP contribution in [0.15, 0.2) is 71.6 Å². The molecule has 0 saturated carbocycles. The van der Waals surface area contributed by atoms with Crippen LogP contribution in [0, 0.1) is 5.92 Å². The molecule has 0 aliphatic carbocycles. The Morgan fingerprint density at radius 3 is 2.35 bits per heavy atom. The van der Waals surface area contributed by atoms with Crippen LogP contribution in [-0.4, -0.2) is 40.9 Å². The van der Waals surface area contributed by atoms with Gasteiger partial charge in [-0.05, 0) is 72.9 Å². The van der Waals surface area contributed by atoms with Gasteiger partial charge in [0.1, 0.15) is 35.7 Å². The third-order valence-corrected chi connectivity index (χ3v) is 8.05. The second-order valence-electron chi connectivity index (χ2n) is 9.40. The van der Waals surface area contributed by atoms with Gasteiger partial charge in [-0.1, -0.05) is 31.2 Å². The average Bonchev–Trinajstić information content (AvgIpc) is 3.16. The fraction of sp³-hybridized carbons (Fsp3) is 0.357. The highest BCUT2D eigenvalue weighted by Crippen LogP contribution is 2.54. The molecular weight excluding hydrogens is 446 g/mol. The minimum Gasteiger partial charge on any atom is -0.508 e. The molecule has 1 fully saturated rings. The molecule has 2 heterocycles. The first-order chi connectivity index (χ1) is 16.5. The summed E-state index contributed by atoms with van der Waals surface area (Å²) >= 11 is 1.66. The fourth-order valence-corrected chi connectivity index (χ4v) is 6.29. The maximum absolute atomic E-state index is 9.94. The van der Waals surface area contributed by atoms with Crippen LogP contribution in [0.25, 0.3) is 0 Å². The van der Waals surface area contributed by atoms with Crippen molar-refractivity contribution in [2.45, 2.75) is 42.6 Å². The Morgan fingerprint density at radius 2 is 1.65 bits per heavy atom. The first-order valence-corrected chi connectivity index (χ1v) is 12.8. The molecule has 6 heteroatoms. The molecule has 0 unspecified atom stereocenters. The van der Waals surface area contributed by atoms with E-state index in [1.54, 1.807) is 36.0 Å². The molecule has 5 nitrogen and oxygen atoms in total. The summed E-state index contributed by atoms with van der Waals surface area (Å²) in [6.07, 6.45) is 1.05. The maximum atomic E-state index is 9.94. The molecule has 0 radical (unpaired) electrons. The lowest BCUT2D eigenvalue weighted by Crippen LogP contribution is -2.31. The molecule has 0 amide bonds. The number of nitrogens with zero attached hydrogens (tertiary/aromatic N) is 1. The molecule has 2 aliphatic rings. The summed E-state index contributed by atoms with van der Waals surface area (Å²) < 4.78 is 12.5. The second-order valence-corrected chi connectivity index (χ2v) is 10.6. The number of ether oxygens (including phenoxy) is 2. The monoisotopic (exact) mass is 477 g/mol. The van der Waals surface area contributed by atoms with Gasteiger partial charge >= 0.3 is 0 Å². The minimum absolute atomic E-state index is 0.0275. The van der Waals surface area contributed by atoms with Gasteiger partial charge in [-0.15, -0.1) is 11.8 Å². The lowest BCUT2D eigenvalue weighted by atomic mass is 10.00. The molecule has 0 aromatic heterocycles. The summed E-state index contributed by atoms with van der Waals surface area (Å²) in [6.45, 7) is 7.39. The van der Waals surface area contributed by atoms with Gasteiger partial charge in [0.05, 0.1) is 10.1 Å². The van der Waals surface area contributed by atoms with Crippen LogP contribution in [0.1, 0.15) is 42.7 Å². The van der Waals surface area contributed by atoms with Gasteiger partial charge in [0, 0.05) is 19.1 Å². The molecule has 3 aromatic carbocycles. The molecule has 5 rings (SSSR count). The Balaban J connectivity index is 1.32. The predicted octanol–water partition coefficient (Wildman–Crippen LogP) is 6.17. The van der Waals surface area contributed by atoms with Gasteiger partial charge in [-0.2, -0.15) is 0 Å². The van der Waals surface area contributed by atoms with Crippen LogP contribution in [-0.2, 0) is 0 Å². The highest BCUT2D eigenvalue weighted by molar-refractivity contribution is 7.99. The Kier molecular flexibility index (Phi) is 6.61. The highest BCUT2D eigenvalue weighted by atomic mass is 32.2. The average molecular weight is 478 g/mol. The number of fused-ring (bicyclic) bond motifs is 1. The number of hydrogen-bond donors (Lipinski definition) is 2. The number of phenols is 2. The minimum atomic E-state index is -0.215. The molecule has 2 N–H and O–H groups in total. The SMILES string of the molecule is C[C@@H]1C[C@@H](C)N(CCOc2ccc([C@@H]3Oc4ccc(O)cc4S[C@@H]3c3ccc(O)cc3)cc2)C1. The Bertz CT molecular complexity index is 1120. The van der Waals surface area contributed by atoms with E-state index in [9.17, 15) is 10.2 Å². The van der Waals surface area contributed by atoms with E-state index in [2.05, 4.69) is 30.9 Å². The Morgan fingerprint density at radius 1 is 0.941 bits per heavy atom. The van der Waals surface area contributed by atoms with Crippen LogP contribution >= 0.6 is 11.8 Å². The predicted molar refractivity (Wildman–Crippen MR) is 135 cm³/mol. The van der Waals surface area contributed by atoms with E-state index in [1.165, 1.54) is 6.42 Å². The second kappa shape index (κ2) is 9.80. The van der Waals surface area contributed by atoms with E-state index < -0.39 is 0 Å². The van der Waals surface area contributed by atoms with Crippen molar-refractivity contribution in [2.75, 3.05) is 19.7 Å². The zero-order valence-electron chi connectivity index (χ0n) is 19.6. The van der Waals surface area contributed by atoms with E-state index in [0.717, 1.165) is 46.5 Å². The van der Waals surface area contributed by atoms with Crippen molar-refractivity contribution < 1.29 is 19.7 Å². The van der Waals surface area contributed by atoms with Crippen molar-refractivity contribution in [2.24, 2.45) is 5.92 Å². The summed E-state index contributed by atoms with van der Waals surface area (Å²) in [5, 5.41) is 19.7. The van der Waals surface area contributed by atoms with Crippen LogP contribution in [0.3, 0.4) is 0 Å². The third kappa shape index (κ3) is 4.98. The molecule has 34 heavy (non-hydrogen) atoms. The largest absolute Gasteiger partial charge is 0.508 e. The number of aromatic hydroxyl groups is 2. The number of likely N-dealkylation sites (tertiary alicyclic amines) is 1. The van der Waals surface area contributed by atoms with Crippen LogP contribution < -0.4 is 9.47 Å². The number of benzene rings is 3. The maximum Gasteiger partial charge on any atom is 0.140 e. The summed E-state index contributed by atoms with van der Waals surface area (Å²) in [5.41, 5.74) is 2.11. The normalized spacial score (nSPS) is 24.4. The highest BCUT2D eigenvalue weighted by Gasteiger charge is 2.33.